The van der Waals surface area contributed by atoms with E-state index < -0.39 is 5.97 Å². The van der Waals surface area contributed by atoms with Gasteiger partial charge < -0.3 is 14.2 Å². The van der Waals surface area contributed by atoms with Crippen LogP contribution < -0.4 is 9.47 Å². The third kappa shape index (κ3) is 5.84. The number of hydrogen-bond acceptors (Lipinski definition) is 5. The number of nitrogens with zero attached hydrogens (tertiary/aromatic N) is 1. The standard InChI is InChI=1S/C33H29NO4/c1-22-9-8-14-26(17-22)32-34-29(33(35)38-32)18-25-15-16-30(36-20-27-12-6-4-10-23(27)2)31(19-25)37-21-28-13-7-5-11-24(28)3/h4-19H,20-21H2,1-3H3. The Hall–Kier alpha value is -4.64. The second-order valence-corrected chi connectivity index (χ2v) is 9.34. The molecule has 0 spiro atoms. The van der Waals surface area contributed by atoms with Crippen molar-refractivity contribution in [1.82, 2.24) is 0 Å². The SMILES string of the molecule is Cc1cccc(C2=NC(=Cc3ccc(OCc4ccccc4C)c(OCc4ccccc4C)c3)C(=O)O2)c1. The van der Waals surface area contributed by atoms with Gasteiger partial charge in [-0.1, -0.05) is 72.3 Å². The second kappa shape index (κ2) is 11.2. The van der Waals surface area contributed by atoms with Gasteiger partial charge in [0.1, 0.15) is 13.2 Å². The van der Waals surface area contributed by atoms with E-state index in [9.17, 15) is 4.79 Å². The van der Waals surface area contributed by atoms with Gasteiger partial charge in [-0.05, 0) is 78.9 Å². The Morgan fingerprint density at radius 2 is 1.39 bits per heavy atom. The van der Waals surface area contributed by atoms with Gasteiger partial charge in [-0.2, -0.15) is 0 Å². The molecule has 190 valence electrons. The minimum absolute atomic E-state index is 0.236. The van der Waals surface area contributed by atoms with Crippen LogP contribution in [0, 0.1) is 20.8 Å². The monoisotopic (exact) mass is 503 g/mol. The highest BCUT2D eigenvalue weighted by molar-refractivity contribution is 6.12. The summed E-state index contributed by atoms with van der Waals surface area (Å²) in [6.07, 6.45) is 1.71. The van der Waals surface area contributed by atoms with Crippen molar-refractivity contribution in [2.45, 2.75) is 34.0 Å². The fourth-order valence-electron chi connectivity index (χ4n) is 4.17. The quantitative estimate of drug-likeness (QED) is 0.190. The lowest BCUT2D eigenvalue weighted by molar-refractivity contribution is -0.129. The van der Waals surface area contributed by atoms with Crippen LogP contribution in [-0.2, 0) is 22.7 Å². The Balaban J connectivity index is 1.43. The summed E-state index contributed by atoms with van der Waals surface area (Å²) in [5.41, 5.74) is 7.34. The average molecular weight is 504 g/mol. The average Bonchev–Trinajstić information content (AvgIpc) is 3.28. The molecule has 5 nitrogen and oxygen atoms in total. The number of aliphatic imine (C=N–C) groups is 1. The first-order valence-corrected chi connectivity index (χ1v) is 12.5. The van der Waals surface area contributed by atoms with E-state index in [1.54, 1.807) is 6.08 Å². The first kappa shape index (κ1) is 25.0. The molecule has 0 atom stereocenters. The van der Waals surface area contributed by atoms with Crippen molar-refractivity contribution in [3.8, 4) is 11.5 Å². The summed E-state index contributed by atoms with van der Waals surface area (Å²) in [5, 5.41) is 0. The van der Waals surface area contributed by atoms with Gasteiger partial charge >= 0.3 is 5.97 Å². The largest absolute Gasteiger partial charge is 0.485 e. The molecule has 38 heavy (non-hydrogen) atoms. The maximum atomic E-state index is 12.6. The second-order valence-electron chi connectivity index (χ2n) is 9.34. The molecule has 0 unspecified atom stereocenters. The lowest BCUT2D eigenvalue weighted by Gasteiger charge is -2.15. The molecule has 0 saturated heterocycles. The van der Waals surface area contributed by atoms with Crippen molar-refractivity contribution < 1.29 is 19.0 Å². The summed E-state index contributed by atoms with van der Waals surface area (Å²) in [6, 6.07) is 29.6. The van der Waals surface area contributed by atoms with Gasteiger partial charge in [0.15, 0.2) is 17.2 Å². The minimum atomic E-state index is -0.483. The molecule has 0 aliphatic carbocycles. The Labute approximate surface area is 223 Å². The summed E-state index contributed by atoms with van der Waals surface area (Å²) in [5.74, 6) is 1.04. The summed E-state index contributed by atoms with van der Waals surface area (Å²) in [7, 11) is 0. The van der Waals surface area contributed by atoms with Crippen molar-refractivity contribution in [2.24, 2.45) is 4.99 Å². The minimum Gasteiger partial charge on any atom is -0.485 e. The van der Waals surface area contributed by atoms with Crippen LogP contribution in [0.1, 0.15) is 38.9 Å². The van der Waals surface area contributed by atoms with Crippen LogP contribution in [-0.4, -0.2) is 11.9 Å². The maximum Gasteiger partial charge on any atom is 0.363 e. The molecule has 4 aromatic rings. The molecule has 0 amide bonds. The van der Waals surface area contributed by atoms with Gasteiger partial charge in [0.25, 0.3) is 0 Å². The van der Waals surface area contributed by atoms with Crippen LogP contribution in [0.2, 0.25) is 0 Å². The van der Waals surface area contributed by atoms with Crippen LogP contribution in [0.25, 0.3) is 6.08 Å². The van der Waals surface area contributed by atoms with Crippen molar-refractivity contribution in [3.05, 3.63) is 136 Å². The molecule has 0 fully saturated rings. The number of rotatable bonds is 8. The molecule has 1 heterocycles. The summed E-state index contributed by atoms with van der Waals surface area (Å²) >= 11 is 0. The molecule has 5 heteroatoms. The van der Waals surface area contributed by atoms with Gasteiger partial charge in [0, 0.05) is 5.56 Å². The molecule has 5 rings (SSSR count). The number of carbonyl (C=O) groups is 1. The Morgan fingerprint density at radius 3 is 2.05 bits per heavy atom. The lowest BCUT2D eigenvalue weighted by atomic mass is 10.1. The van der Waals surface area contributed by atoms with Crippen LogP contribution >= 0.6 is 0 Å². The fourth-order valence-corrected chi connectivity index (χ4v) is 4.17. The number of carbonyl (C=O) groups excluding carboxylic acids is 1. The molecule has 0 radical (unpaired) electrons. The zero-order valence-corrected chi connectivity index (χ0v) is 21.7. The molecule has 1 aliphatic heterocycles. The summed E-state index contributed by atoms with van der Waals surface area (Å²) < 4.78 is 17.9. The van der Waals surface area contributed by atoms with Crippen molar-refractivity contribution in [2.75, 3.05) is 0 Å². The fraction of sp³-hybridized carbons (Fsp3) is 0.152. The number of esters is 1. The summed E-state index contributed by atoms with van der Waals surface area (Å²) in [6.45, 7) is 6.93. The third-order valence-electron chi connectivity index (χ3n) is 6.45. The smallest absolute Gasteiger partial charge is 0.363 e. The van der Waals surface area contributed by atoms with E-state index in [4.69, 9.17) is 14.2 Å². The van der Waals surface area contributed by atoms with Crippen LogP contribution in [0.3, 0.4) is 0 Å². The van der Waals surface area contributed by atoms with Crippen LogP contribution in [0.15, 0.2) is 102 Å². The lowest BCUT2D eigenvalue weighted by Crippen LogP contribution is -2.05. The van der Waals surface area contributed by atoms with E-state index in [2.05, 4.69) is 37.0 Å². The van der Waals surface area contributed by atoms with E-state index in [1.807, 2.05) is 79.7 Å². The molecule has 0 bridgehead atoms. The summed E-state index contributed by atoms with van der Waals surface area (Å²) in [4.78, 5) is 17.0. The highest BCUT2D eigenvalue weighted by Crippen LogP contribution is 2.32. The van der Waals surface area contributed by atoms with Gasteiger partial charge in [-0.25, -0.2) is 9.79 Å². The van der Waals surface area contributed by atoms with Crippen LogP contribution in [0.4, 0.5) is 0 Å². The van der Waals surface area contributed by atoms with Gasteiger partial charge in [-0.3, -0.25) is 0 Å². The van der Waals surface area contributed by atoms with E-state index >= 15 is 0 Å². The Bertz CT molecular complexity index is 1550. The molecule has 4 aromatic carbocycles. The predicted molar refractivity (Wildman–Crippen MR) is 149 cm³/mol. The third-order valence-corrected chi connectivity index (χ3v) is 6.45. The van der Waals surface area contributed by atoms with Gasteiger partial charge in [-0.15, -0.1) is 0 Å². The Morgan fingerprint density at radius 1 is 0.737 bits per heavy atom. The van der Waals surface area contributed by atoms with Gasteiger partial charge in [0.05, 0.1) is 0 Å². The molecule has 0 aromatic heterocycles. The maximum absolute atomic E-state index is 12.6. The highest BCUT2D eigenvalue weighted by atomic mass is 16.6. The van der Waals surface area contributed by atoms with E-state index in [0.717, 1.165) is 33.4 Å². The van der Waals surface area contributed by atoms with Crippen molar-refractivity contribution in [3.63, 3.8) is 0 Å². The topological polar surface area (TPSA) is 57.1 Å². The first-order chi connectivity index (χ1) is 18.5. The normalized spacial score (nSPS) is 13.8. The highest BCUT2D eigenvalue weighted by Gasteiger charge is 2.24. The molecule has 0 N–H and O–H groups in total. The van der Waals surface area contributed by atoms with E-state index in [1.165, 1.54) is 5.56 Å². The predicted octanol–water partition coefficient (Wildman–Crippen LogP) is 7.11. The molecule has 1 aliphatic rings. The van der Waals surface area contributed by atoms with Crippen LogP contribution in [0.5, 0.6) is 11.5 Å². The number of hydrogen-bond donors (Lipinski definition) is 0. The number of ether oxygens (including phenoxy) is 3. The molecule has 0 saturated carbocycles. The zero-order valence-electron chi connectivity index (χ0n) is 21.7. The van der Waals surface area contributed by atoms with Crippen molar-refractivity contribution >= 4 is 17.9 Å². The van der Waals surface area contributed by atoms with E-state index in [-0.39, 0.29) is 5.70 Å². The zero-order chi connectivity index (χ0) is 26.5. The number of benzene rings is 4. The van der Waals surface area contributed by atoms with Gasteiger partial charge in [0.2, 0.25) is 5.90 Å². The molecular weight excluding hydrogens is 474 g/mol. The Kier molecular flexibility index (Phi) is 7.36. The van der Waals surface area contributed by atoms with Crippen molar-refractivity contribution in [1.29, 1.82) is 0 Å². The first-order valence-electron chi connectivity index (χ1n) is 12.5. The van der Waals surface area contributed by atoms with E-state index in [0.29, 0.717) is 30.6 Å². The number of aryl methyl sites for hydroxylation is 3. The molecular formula is C33H29NO4. The number of cyclic esters (lactones) is 1.